The summed E-state index contributed by atoms with van der Waals surface area (Å²) < 4.78 is 0. The Morgan fingerprint density at radius 1 is 1.04 bits per heavy atom. The van der Waals surface area contributed by atoms with Gasteiger partial charge in [-0.25, -0.2) is 0 Å². The summed E-state index contributed by atoms with van der Waals surface area (Å²) in [5, 5.41) is 7.24. The van der Waals surface area contributed by atoms with Crippen molar-refractivity contribution in [3.8, 4) is 0 Å². The number of aliphatic imine (C=N–C) groups is 1. The second-order valence-electron chi connectivity index (χ2n) is 8.79. The summed E-state index contributed by atoms with van der Waals surface area (Å²) in [6.07, 6.45) is 15.6. The predicted octanol–water partition coefficient (Wildman–Crippen LogP) is 3.61. The molecule has 2 aliphatic heterocycles. The lowest BCUT2D eigenvalue weighted by atomic mass is 9.84. The van der Waals surface area contributed by atoms with Gasteiger partial charge in [-0.15, -0.1) is 24.0 Å². The van der Waals surface area contributed by atoms with Crippen LogP contribution in [0.2, 0.25) is 0 Å². The summed E-state index contributed by atoms with van der Waals surface area (Å²) in [7, 11) is 4.16. The lowest BCUT2D eigenvalue weighted by Crippen LogP contribution is -2.62. The van der Waals surface area contributed by atoms with Gasteiger partial charge in [-0.2, -0.15) is 0 Å². The summed E-state index contributed by atoms with van der Waals surface area (Å²) in [6, 6.07) is 0. The van der Waals surface area contributed by atoms with E-state index in [1.807, 2.05) is 7.05 Å². The lowest BCUT2D eigenvalue weighted by Gasteiger charge is -2.50. The fourth-order valence-electron chi connectivity index (χ4n) is 4.95. The van der Waals surface area contributed by atoms with Gasteiger partial charge in [0, 0.05) is 25.7 Å². The topological polar surface area (TPSA) is 42.9 Å². The maximum Gasteiger partial charge on any atom is 0.191 e. The molecule has 0 radical (unpaired) electrons. The fraction of sp³-hybridized carbons (Fsp3) is 0.864. The highest BCUT2D eigenvalue weighted by Crippen LogP contribution is 2.30. The van der Waals surface area contributed by atoms with Crippen LogP contribution in [-0.2, 0) is 0 Å². The van der Waals surface area contributed by atoms with Gasteiger partial charge in [0.15, 0.2) is 5.96 Å². The Labute approximate surface area is 189 Å². The Morgan fingerprint density at radius 3 is 2.43 bits per heavy atom. The monoisotopic (exact) mass is 503 g/mol. The van der Waals surface area contributed by atoms with E-state index in [0.29, 0.717) is 5.54 Å². The van der Waals surface area contributed by atoms with Crippen molar-refractivity contribution in [2.45, 2.75) is 69.7 Å². The van der Waals surface area contributed by atoms with Crippen LogP contribution in [0.5, 0.6) is 0 Å². The third kappa shape index (κ3) is 6.87. The molecule has 6 heteroatoms. The number of likely N-dealkylation sites (tertiary alicyclic amines) is 2. The highest BCUT2D eigenvalue weighted by molar-refractivity contribution is 14.0. The summed E-state index contributed by atoms with van der Waals surface area (Å²) in [5.74, 6) is 0.974. The van der Waals surface area contributed by atoms with Crippen molar-refractivity contribution in [2.75, 3.05) is 53.4 Å². The third-order valence-corrected chi connectivity index (χ3v) is 6.88. The molecule has 2 fully saturated rings. The smallest absolute Gasteiger partial charge is 0.191 e. The number of allylic oxidation sites excluding steroid dienone is 1. The Balaban J connectivity index is 0.00000280. The quantitative estimate of drug-likeness (QED) is 0.252. The van der Waals surface area contributed by atoms with E-state index >= 15 is 0 Å². The number of halogens is 1. The molecule has 0 amide bonds. The molecule has 0 spiro atoms. The molecule has 2 N–H and O–H groups in total. The van der Waals surface area contributed by atoms with E-state index in [1.54, 1.807) is 5.57 Å². The molecule has 0 aromatic rings. The molecule has 2 heterocycles. The Kier molecular flexibility index (Phi) is 10.6. The minimum absolute atomic E-state index is 0. The van der Waals surface area contributed by atoms with Crippen LogP contribution in [0.25, 0.3) is 0 Å². The van der Waals surface area contributed by atoms with Crippen LogP contribution in [0.3, 0.4) is 0 Å². The number of piperidine rings is 2. The first-order valence-electron chi connectivity index (χ1n) is 11.3. The lowest BCUT2D eigenvalue weighted by molar-refractivity contribution is 0.0173. The van der Waals surface area contributed by atoms with Crippen molar-refractivity contribution >= 4 is 29.9 Å². The van der Waals surface area contributed by atoms with Crippen LogP contribution < -0.4 is 10.6 Å². The molecule has 0 aromatic heterocycles. The maximum absolute atomic E-state index is 4.49. The van der Waals surface area contributed by atoms with Crippen molar-refractivity contribution < 1.29 is 0 Å². The number of hydrogen-bond acceptors (Lipinski definition) is 3. The number of hydrogen-bond donors (Lipinski definition) is 2. The number of nitrogens with one attached hydrogen (secondary N) is 2. The minimum atomic E-state index is 0. The second kappa shape index (κ2) is 12.4. The standard InChI is InChI=1S/C22H41N5.HI/c1-23-21(24-14-11-20-9-5-3-6-10-20)25-19-22(12-17-26(2)18-13-22)27-15-7-4-8-16-27;/h9H,3-8,10-19H2,1-2H3,(H2,23,24,25);1H. The first-order valence-corrected chi connectivity index (χ1v) is 11.3. The summed E-state index contributed by atoms with van der Waals surface area (Å²) in [5.41, 5.74) is 1.93. The normalized spacial score (nSPS) is 24.2. The molecular weight excluding hydrogens is 461 g/mol. The van der Waals surface area contributed by atoms with Gasteiger partial charge >= 0.3 is 0 Å². The minimum Gasteiger partial charge on any atom is -0.356 e. The number of rotatable bonds is 6. The summed E-state index contributed by atoms with van der Waals surface area (Å²) >= 11 is 0. The fourth-order valence-corrected chi connectivity index (χ4v) is 4.95. The molecular formula is C22H42IN5. The molecule has 2 saturated heterocycles. The molecule has 5 nitrogen and oxygen atoms in total. The maximum atomic E-state index is 4.49. The summed E-state index contributed by atoms with van der Waals surface area (Å²) in [4.78, 5) is 9.76. The number of guanidine groups is 1. The predicted molar refractivity (Wildman–Crippen MR) is 131 cm³/mol. The van der Waals surface area contributed by atoms with E-state index < -0.39 is 0 Å². The van der Waals surface area contributed by atoms with Crippen LogP contribution in [0, 0.1) is 0 Å². The van der Waals surface area contributed by atoms with Gasteiger partial charge in [-0.3, -0.25) is 9.89 Å². The van der Waals surface area contributed by atoms with E-state index in [2.05, 4.69) is 38.5 Å². The molecule has 1 aliphatic carbocycles. The molecule has 0 bridgehead atoms. The van der Waals surface area contributed by atoms with Gasteiger partial charge in [0.05, 0.1) is 0 Å². The van der Waals surface area contributed by atoms with Gasteiger partial charge in [-0.05, 0) is 91.0 Å². The third-order valence-electron chi connectivity index (χ3n) is 6.88. The SMILES string of the molecule is CN=C(NCCC1=CCCCC1)NCC1(N2CCCCC2)CCN(C)CC1.I. The van der Waals surface area contributed by atoms with Crippen LogP contribution >= 0.6 is 24.0 Å². The van der Waals surface area contributed by atoms with Crippen LogP contribution in [0.15, 0.2) is 16.6 Å². The molecule has 0 unspecified atom stereocenters. The van der Waals surface area contributed by atoms with Crippen molar-refractivity contribution in [1.82, 2.24) is 20.4 Å². The summed E-state index contributed by atoms with van der Waals surface area (Å²) in [6.45, 7) is 6.96. The van der Waals surface area contributed by atoms with E-state index in [-0.39, 0.29) is 24.0 Å². The average Bonchev–Trinajstić information content (AvgIpc) is 2.73. The molecule has 0 atom stereocenters. The van der Waals surface area contributed by atoms with Gasteiger partial charge < -0.3 is 15.5 Å². The Morgan fingerprint density at radius 2 is 1.79 bits per heavy atom. The second-order valence-corrected chi connectivity index (χ2v) is 8.79. The van der Waals surface area contributed by atoms with Crippen LogP contribution in [0.1, 0.15) is 64.2 Å². The molecule has 3 aliphatic rings. The first-order chi connectivity index (χ1) is 13.2. The van der Waals surface area contributed by atoms with E-state index in [9.17, 15) is 0 Å². The van der Waals surface area contributed by atoms with Crippen molar-refractivity contribution in [2.24, 2.45) is 4.99 Å². The first kappa shape index (κ1) is 23.9. The van der Waals surface area contributed by atoms with Crippen LogP contribution in [-0.4, -0.2) is 74.7 Å². The van der Waals surface area contributed by atoms with Crippen molar-refractivity contribution in [3.63, 3.8) is 0 Å². The zero-order valence-electron chi connectivity index (χ0n) is 18.1. The molecule has 162 valence electrons. The molecule has 28 heavy (non-hydrogen) atoms. The van der Waals surface area contributed by atoms with Gasteiger partial charge in [-0.1, -0.05) is 18.1 Å². The van der Waals surface area contributed by atoms with E-state index in [4.69, 9.17) is 0 Å². The zero-order valence-corrected chi connectivity index (χ0v) is 20.5. The van der Waals surface area contributed by atoms with Gasteiger partial charge in [0.1, 0.15) is 0 Å². The van der Waals surface area contributed by atoms with E-state index in [0.717, 1.165) is 25.5 Å². The molecule has 3 rings (SSSR count). The Bertz CT molecular complexity index is 505. The van der Waals surface area contributed by atoms with Gasteiger partial charge in [0.2, 0.25) is 0 Å². The Hall–Kier alpha value is -0.340. The number of nitrogens with zero attached hydrogens (tertiary/aromatic N) is 3. The van der Waals surface area contributed by atoms with Crippen molar-refractivity contribution in [1.29, 1.82) is 0 Å². The largest absolute Gasteiger partial charge is 0.356 e. The highest BCUT2D eigenvalue weighted by Gasteiger charge is 2.39. The zero-order chi connectivity index (χ0) is 19.0. The van der Waals surface area contributed by atoms with E-state index in [1.165, 1.54) is 84.0 Å². The highest BCUT2D eigenvalue weighted by atomic mass is 127. The molecule has 0 aromatic carbocycles. The van der Waals surface area contributed by atoms with Crippen molar-refractivity contribution in [3.05, 3.63) is 11.6 Å². The van der Waals surface area contributed by atoms with Gasteiger partial charge in [0.25, 0.3) is 0 Å². The average molecular weight is 504 g/mol. The van der Waals surface area contributed by atoms with Crippen LogP contribution in [0.4, 0.5) is 0 Å². The molecule has 0 saturated carbocycles.